The highest BCUT2D eigenvalue weighted by molar-refractivity contribution is 14.1. The summed E-state index contributed by atoms with van der Waals surface area (Å²) in [5.74, 6) is 0. The van der Waals surface area contributed by atoms with Gasteiger partial charge in [0.05, 0.1) is 9.50 Å². The van der Waals surface area contributed by atoms with Gasteiger partial charge in [0.15, 0.2) is 0 Å². The molecule has 0 saturated carbocycles. The van der Waals surface area contributed by atoms with Crippen LogP contribution in [0.15, 0.2) is 16.7 Å². The molecule has 0 fully saturated rings. The molecule has 1 aromatic heterocycles. The first-order chi connectivity index (χ1) is 4.20. The van der Waals surface area contributed by atoms with Gasteiger partial charge in [0.1, 0.15) is 3.70 Å². The third-order valence-corrected chi connectivity index (χ3v) is 2.54. The standard InChI is InChI=1S/C5H2BrClIN/c6-3-2-9-5(8)1-4(3)7/h1-2H. The van der Waals surface area contributed by atoms with Crippen molar-refractivity contribution in [3.63, 3.8) is 0 Å². The fraction of sp³-hybridized carbons (Fsp3) is 0. The van der Waals surface area contributed by atoms with Gasteiger partial charge < -0.3 is 0 Å². The minimum Gasteiger partial charge on any atom is -0.249 e. The van der Waals surface area contributed by atoms with Gasteiger partial charge in [-0.2, -0.15) is 0 Å². The van der Waals surface area contributed by atoms with Gasteiger partial charge in [-0.3, -0.25) is 0 Å². The van der Waals surface area contributed by atoms with Crippen molar-refractivity contribution in [3.8, 4) is 0 Å². The highest BCUT2D eigenvalue weighted by atomic mass is 127. The Morgan fingerprint density at radius 2 is 2.33 bits per heavy atom. The summed E-state index contributed by atoms with van der Waals surface area (Å²) in [6, 6.07) is 1.80. The lowest BCUT2D eigenvalue weighted by molar-refractivity contribution is 1.26. The molecule has 0 aliphatic rings. The molecule has 0 spiro atoms. The van der Waals surface area contributed by atoms with Gasteiger partial charge in [0, 0.05) is 6.20 Å². The molecule has 0 aromatic carbocycles. The van der Waals surface area contributed by atoms with E-state index in [0.717, 1.165) is 8.17 Å². The number of halogens is 3. The lowest BCUT2D eigenvalue weighted by Crippen LogP contribution is -1.78. The van der Waals surface area contributed by atoms with E-state index in [-0.39, 0.29) is 0 Å². The second-order valence-electron chi connectivity index (χ2n) is 1.42. The second kappa shape index (κ2) is 3.16. The Morgan fingerprint density at radius 3 is 2.78 bits per heavy atom. The number of aromatic nitrogens is 1. The molecule has 0 bridgehead atoms. The highest BCUT2D eigenvalue weighted by Crippen LogP contribution is 2.21. The Bertz CT molecular complexity index is 228. The van der Waals surface area contributed by atoms with Crippen LogP contribution < -0.4 is 0 Å². The quantitative estimate of drug-likeness (QED) is 0.529. The molecule has 4 heteroatoms. The van der Waals surface area contributed by atoms with Gasteiger partial charge in [-0.25, -0.2) is 4.98 Å². The SMILES string of the molecule is Clc1cc(I)ncc1Br. The number of hydrogen-bond acceptors (Lipinski definition) is 1. The Balaban J connectivity index is 3.17. The van der Waals surface area contributed by atoms with Crippen molar-refractivity contribution in [3.05, 3.63) is 25.5 Å². The lowest BCUT2D eigenvalue weighted by Gasteiger charge is -1.92. The summed E-state index contributed by atoms with van der Waals surface area (Å²) in [5.41, 5.74) is 0. The van der Waals surface area contributed by atoms with Crippen molar-refractivity contribution < 1.29 is 0 Å². The molecule has 1 aromatic rings. The molecule has 0 atom stereocenters. The minimum absolute atomic E-state index is 0.703. The van der Waals surface area contributed by atoms with Crippen LogP contribution in [0.25, 0.3) is 0 Å². The van der Waals surface area contributed by atoms with Crippen LogP contribution >= 0.6 is 50.1 Å². The Morgan fingerprint density at radius 1 is 1.67 bits per heavy atom. The third-order valence-electron chi connectivity index (χ3n) is 0.775. The van der Waals surface area contributed by atoms with Crippen LogP contribution in [0.4, 0.5) is 0 Å². The normalized spacial score (nSPS) is 9.67. The first-order valence-electron chi connectivity index (χ1n) is 2.16. The van der Waals surface area contributed by atoms with Crippen molar-refractivity contribution in [2.24, 2.45) is 0 Å². The third kappa shape index (κ3) is 2.05. The summed E-state index contributed by atoms with van der Waals surface area (Å²) in [4.78, 5) is 3.99. The first kappa shape index (κ1) is 7.75. The van der Waals surface area contributed by atoms with E-state index in [2.05, 4.69) is 43.5 Å². The average Bonchev–Trinajstić information content (AvgIpc) is 1.80. The maximum atomic E-state index is 5.72. The molecule has 1 rings (SSSR count). The monoisotopic (exact) mass is 317 g/mol. The molecule has 0 amide bonds. The Kier molecular flexibility index (Phi) is 2.73. The van der Waals surface area contributed by atoms with Crippen LogP contribution in [0.3, 0.4) is 0 Å². The molecule has 0 saturated heterocycles. The van der Waals surface area contributed by atoms with Crippen LogP contribution in [-0.4, -0.2) is 4.98 Å². The Hall–Kier alpha value is 0.650. The van der Waals surface area contributed by atoms with Gasteiger partial charge >= 0.3 is 0 Å². The molecule has 0 unspecified atom stereocenters. The Labute approximate surface area is 80.1 Å². The van der Waals surface area contributed by atoms with Gasteiger partial charge in [0.2, 0.25) is 0 Å². The maximum absolute atomic E-state index is 5.72. The van der Waals surface area contributed by atoms with Crippen molar-refractivity contribution >= 4 is 50.1 Å². The number of pyridine rings is 1. The van der Waals surface area contributed by atoms with Crippen LogP contribution in [0.1, 0.15) is 0 Å². The van der Waals surface area contributed by atoms with E-state index in [1.165, 1.54) is 0 Å². The van der Waals surface area contributed by atoms with E-state index in [0.29, 0.717) is 5.02 Å². The number of nitrogens with zero attached hydrogens (tertiary/aromatic N) is 1. The summed E-state index contributed by atoms with van der Waals surface area (Å²) >= 11 is 11.1. The maximum Gasteiger partial charge on any atom is 0.102 e. The molecular formula is C5H2BrClIN. The van der Waals surface area contributed by atoms with E-state index in [1.807, 2.05) is 0 Å². The fourth-order valence-electron chi connectivity index (χ4n) is 0.391. The van der Waals surface area contributed by atoms with Crippen molar-refractivity contribution in [1.82, 2.24) is 4.98 Å². The predicted octanol–water partition coefficient (Wildman–Crippen LogP) is 3.10. The molecule has 0 radical (unpaired) electrons. The van der Waals surface area contributed by atoms with E-state index in [4.69, 9.17) is 11.6 Å². The summed E-state index contributed by atoms with van der Waals surface area (Å²) in [7, 11) is 0. The van der Waals surface area contributed by atoms with Crippen molar-refractivity contribution in [2.75, 3.05) is 0 Å². The molecule has 1 heterocycles. The smallest absolute Gasteiger partial charge is 0.102 e. The van der Waals surface area contributed by atoms with Crippen LogP contribution in [0, 0.1) is 3.70 Å². The molecule has 48 valence electrons. The van der Waals surface area contributed by atoms with Gasteiger partial charge in [-0.05, 0) is 44.6 Å². The fourth-order valence-corrected chi connectivity index (χ4v) is 1.39. The zero-order valence-electron chi connectivity index (χ0n) is 4.24. The molecule has 0 aliphatic heterocycles. The summed E-state index contributed by atoms with van der Waals surface area (Å²) in [5, 5.41) is 0.703. The lowest BCUT2D eigenvalue weighted by atomic mass is 10.5. The van der Waals surface area contributed by atoms with Crippen LogP contribution in [0.2, 0.25) is 5.02 Å². The summed E-state index contributed by atoms with van der Waals surface area (Å²) < 4.78 is 1.74. The second-order valence-corrected chi connectivity index (χ2v) is 3.79. The zero-order valence-corrected chi connectivity index (χ0v) is 8.74. The molecular weight excluding hydrogens is 316 g/mol. The van der Waals surface area contributed by atoms with E-state index in [9.17, 15) is 0 Å². The van der Waals surface area contributed by atoms with Gasteiger partial charge in [0.25, 0.3) is 0 Å². The van der Waals surface area contributed by atoms with Crippen molar-refractivity contribution in [2.45, 2.75) is 0 Å². The molecule has 0 N–H and O–H groups in total. The van der Waals surface area contributed by atoms with Crippen LogP contribution in [-0.2, 0) is 0 Å². The topological polar surface area (TPSA) is 12.9 Å². The highest BCUT2D eigenvalue weighted by Gasteiger charge is 1.95. The van der Waals surface area contributed by atoms with Crippen LogP contribution in [0.5, 0.6) is 0 Å². The zero-order chi connectivity index (χ0) is 6.85. The van der Waals surface area contributed by atoms with Gasteiger partial charge in [-0.15, -0.1) is 0 Å². The van der Waals surface area contributed by atoms with E-state index < -0.39 is 0 Å². The number of rotatable bonds is 0. The average molecular weight is 318 g/mol. The minimum atomic E-state index is 0.703. The number of hydrogen-bond donors (Lipinski definition) is 0. The summed E-state index contributed by atoms with van der Waals surface area (Å²) in [6.07, 6.45) is 1.68. The van der Waals surface area contributed by atoms with Gasteiger partial charge in [-0.1, -0.05) is 11.6 Å². The predicted molar refractivity (Wildman–Crippen MR) is 49.7 cm³/mol. The largest absolute Gasteiger partial charge is 0.249 e. The first-order valence-corrected chi connectivity index (χ1v) is 4.41. The molecule has 0 aliphatic carbocycles. The molecule has 1 nitrogen and oxygen atoms in total. The van der Waals surface area contributed by atoms with E-state index >= 15 is 0 Å². The summed E-state index contributed by atoms with van der Waals surface area (Å²) in [6.45, 7) is 0. The van der Waals surface area contributed by atoms with E-state index in [1.54, 1.807) is 12.3 Å². The molecule has 9 heavy (non-hydrogen) atoms. The van der Waals surface area contributed by atoms with Crippen molar-refractivity contribution in [1.29, 1.82) is 0 Å².